The molecule has 1 fully saturated rings. The summed E-state index contributed by atoms with van der Waals surface area (Å²) in [6.07, 6.45) is 4.58. The first-order chi connectivity index (χ1) is 14.6. The van der Waals surface area contributed by atoms with E-state index >= 15 is 0 Å². The smallest absolute Gasteiger partial charge is 0.230 e. The van der Waals surface area contributed by atoms with Gasteiger partial charge in [0.1, 0.15) is 0 Å². The Kier molecular flexibility index (Phi) is 6.38. The van der Waals surface area contributed by atoms with Crippen LogP contribution in [0.25, 0.3) is 17.1 Å². The van der Waals surface area contributed by atoms with Crippen LogP contribution in [0.15, 0.2) is 59.8 Å². The van der Waals surface area contributed by atoms with Gasteiger partial charge in [-0.05, 0) is 37.1 Å². The quantitative estimate of drug-likeness (QED) is 0.581. The molecule has 1 heterocycles. The molecule has 0 bridgehead atoms. The highest BCUT2D eigenvalue weighted by atomic mass is 32.2. The highest BCUT2D eigenvalue weighted by molar-refractivity contribution is 7.99. The SMILES string of the molecule is CN(C)c1cccc(-c2nnc(SCC(=O)NC3CCCC3)n2-c2ccccc2)c1. The van der Waals surface area contributed by atoms with Crippen LogP contribution >= 0.6 is 11.8 Å². The van der Waals surface area contributed by atoms with Crippen molar-refractivity contribution < 1.29 is 4.79 Å². The van der Waals surface area contributed by atoms with E-state index in [0.717, 1.165) is 35.6 Å². The number of hydrogen-bond acceptors (Lipinski definition) is 5. The molecule has 1 aromatic heterocycles. The summed E-state index contributed by atoms with van der Waals surface area (Å²) in [5.74, 6) is 1.16. The van der Waals surface area contributed by atoms with Gasteiger partial charge >= 0.3 is 0 Å². The Morgan fingerprint density at radius 1 is 1.10 bits per heavy atom. The van der Waals surface area contributed by atoms with E-state index in [9.17, 15) is 4.79 Å². The molecule has 1 amide bonds. The van der Waals surface area contributed by atoms with E-state index in [2.05, 4.69) is 32.5 Å². The van der Waals surface area contributed by atoms with Crippen molar-refractivity contribution in [3.63, 3.8) is 0 Å². The van der Waals surface area contributed by atoms with Gasteiger partial charge in [0.25, 0.3) is 0 Å². The number of amides is 1. The molecule has 7 heteroatoms. The van der Waals surface area contributed by atoms with Gasteiger partial charge < -0.3 is 10.2 Å². The number of benzene rings is 2. The van der Waals surface area contributed by atoms with E-state index in [4.69, 9.17) is 0 Å². The molecule has 1 aliphatic rings. The largest absolute Gasteiger partial charge is 0.378 e. The van der Waals surface area contributed by atoms with Gasteiger partial charge in [0, 0.05) is 37.1 Å². The molecule has 0 unspecified atom stereocenters. The summed E-state index contributed by atoms with van der Waals surface area (Å²) < 4.78 is 2.03. The monoisotopic (exact) mass is 421 g/mol. The fraction of sp³-hybridized carbons (Fsp3) is 0.348. The predicted molar refractivity (Wildman–Crippen MR) is 122 cm³/mol. The summed E-state index contributed by atoms with van der Waals surface area (Å²) in [6, 6.07) is 18.6. The number of rotatable bonds is 7. The summed E-state index contributed by atoms with van der Waals surface area (Å²) in [5, 5.41) is 12.8. The minimum absolute atomic E-state index is 0.0608. The van der Waals surface area contributed by atoms with Crippen molar-refractivity contribution in [3.8, 4) is 17.1 Å². The van der Waals surface area contributed by atoms with Crippen molar-refractivity contribution >= 4 is 23.4 Å². The average molecular weight is 422 g/mol. The van der Waals surface area contributed by atoms with Crippen molar-refractivity contribution in [2.45, 2.75) is 36.9 Å². The Labute approximate surface area is 181 Å². The lowest BCUT2D eigenvalue weighted by Gasteiger charge is -2.15. The first-order valence-corrected chi connectivity index (χ1v) is 11.3. The lowest BCUT2D eigenvalue weighted by atomic mass is 10.1. The van der Waals surface area contributed by atoms with Gasteiger partial charge in [-0.1, -0.05) is 54.9 Å². The van der Waals surface area contributed by atoms with E-state index in [1.165, 1.54) is 24.6 Å². The number of nitrogens with zero attached hydrogens (tertiary/aromatic N) is 4. The summed E-state index contributed by atoms with van der Waals surface area (Å²) >= 11 is 1.43. The van der Waals surface area contributed by atoms with Gasteiger partial charge in [0.15, 0.2) is 11.0 Å². The zero-order chi connectivity index (χ0) is 20.9. The number of para-hydroxylation sites is 1. The van der Waals surface area contributed by atoms with Gasteiger partial charge in [-0.25, -0.2) is 0 Å². The first kappa shape index (κ1) is 20.5. The molecule has 1 aliphatic carbocycles. The van der Waals surface area contributed by atoms with Gasteiger partial charge in [0.2, 0.25) is 5.91 Å². The minimum Gasteiger partial charge on any atom is -0.378 e. The second-order valence-corrected chi connectivity index (χ2v) is 8.70. The Morgan fingerprint density at radius 3 is 2.60 bits per heavy atom. The molecule has 1 saturated carbocycles. The van der Waals surface area contributed by atoms with Gasteiger partial charge in [-0.15, -0.1) is 10.2 Å². The van der Waals surface area contributed by atoms with E-state index in [1.54, 1.807) is 0 Å². The number of thioether (sulfide) groups is 1. The maximum Gasteiger partial charge on any atom is 0.230 e. The second-order valence-electron chi connectivity index (χ2n) is 7.76. The molecule has 4 rings (SSSR count). The third kappa shape index (κ3) is 4.67. The van der Waals surface area contributed by atoms with Gasteiger partial charge in [0.05, 0.1) is 5.75 Å². The van der Waals surface area contributed by atoms with Gasteiger partial charge in [-0.2, -0.15) is 0 Å². The molecule has 3 aromatic rings. The van der Waals surface area contributed by atoms with Crippen molar-refractivity contribution in [1.29, 1.82) is 0 Å². The van der Waals surface area contributed by atoms with Crippen LogP contribution in [0, 0.1) is 0 Å². The fourth-order valence-corrected chi connectivity index (χ4v) is 4.52. The topological polar surface area (TPSA) is 63.1 Å². The third-order valence-electron chi connectivity index (χ3n) is 5.32. The summed E-state index contributed by atoms with van der Waals surface area (Å²) in [6.45, 7) is 0. The normalized spacial score (nSPS) is 14.1. The summed E-state index contributed by atoms with van der Waals surface area (Å²) in [5.41, 5.74) is 3.06. The Hall–Kier alpha value is -2.80. The zero-order valence-electron chi connectivity index (χ0n) is 17.4. The zero-order valence-corrected chi connectivity index (χ0v) is 18.2. The summed E-state index contributed by atoms with van der Waals surface area (Å²) in [4.78, 5) is 14.5. The summed E-state index contributed by atoms with van der Waals surface area (Å²) in [7, 11) is 4.04. The predicted octanol–water partition coefficient (Wildman–Crippen LogP) is 4.15. The first-order valence-electron chi connectivity index (χ1n) is 10.3. The standard InChI is InChI=1S/C23H27N5OS/c1-27(2)20-14-8-9-17(15-20)22-25-26-23(28(22)19-12-4-3-5-13-19)30-16-21(29)24-18-10-6-7-11-18/h3-5,8-9,12-15,18H,6-7,10-11,16H2,1-2H3,(H,24,29). The van der Waals surface area contributed by atoms with Crippen LogP contribution in [-0.4, -0.2) is 46.6 Å². The maximum atomic E-state index is 12.4. The minimum atomic E-state index is 0.0608. The molecule has 30 heavy (non-hydrogen) atoms. The molecule has 0 saturated heterocycles. The van der Waals surface area contributed by atoms with Crippen LogP contribution in [0.2, 0.25) is 0 Å². The molecular weight excluding hydrogens is 394 g/mol. The Morgan fingerprint density at radius 2 is 1.87 bits per heavy atom. The van der Waals surface area contributed by atoms with Crippen LogP contribution in [-0.2, 0) is 4.79 Å². The molecule has 2 aromatic carbocycles. The molecule has 1 N–H and O–H groups in total. The van der Waals surface area contributed by atoms with E-state index in [-0.39, 0.29) is 5.91 Å². The molecule has 156 valence electrons. The Bertz CT molecular complexity index is 996. The number of hydrogen-bond donors (Lipinski definition) is 1. The second kappa shape index (κ2) is 9.34. The third-order valence-corrected chi connectivity index (χ3v) is 6.25. The van der Waals surface area contributed by atoms with Crippen LogP contribution in [0.3, 0.4) is 0 Å². The molecule has 0 atom stereocenters. The highest BCUT2D eigenvalue weighted by Gasteiger charge is 2.20. The van der Waals surface area contributed by atoms with E-state index in [1.807, 2.05) is 61.1 Å². The molecule has 0 radical (unpaired) electrons. The fourth-order valence-electron chi connectivity index (χ4n) is 3.75. The molecule has 6 nitrogen and oxygen atoms in total. The van der Waals surface area contributed by atoms with Gasteiger partial charge in [-0.3, -0.25) is 9.36 Å². The number of nitrogens with one attached hydrogen (secondary N) is 1. The Balaban J connectivity index is 1.61. The lowest BCUT2D eigenvalue weighted by molar-refractivity contribution is -0.119. The van der Waals surface area contributed by atoms with E-state index in [0.29, 0.717) is 17.0 Å². The number of anilines is 1. The lowest BCUT2D eigenvalue weighted by Crippen LogP contribution is -2.33. The number of aromatic nitrogens is 3. The van der Waals surface area contributed by atoms with Crippen LogP contribution < -0.4 is 10.2 Å². The van der Waals surface area contributed by atoms with Crippen molar-refractivity contribution in [2.24, 2.45) is 0 Å². The van der Waals surface area contributed by atoms with Crippen molar-refractivity contribution in [2.75, 3.05) is 24.7 Å². The highest BCUT2D eigenvalue weighted by Crippen LogP contribution is 2.29. The number of carbonyl (C=O) groups is 1. The maximum absolute atomic E-state index is 12.4. The number of carbonyl (C=O) groups excluding carboxylic acids is 1. The molecule has 0 spiro atoms. The van der Waals surface area contributed by atoms with Crippen LogP contribution in [0.4, 0.5) is 5.69 Å². The van der Waals surface area contributed by atoms with E-state index < -0.39 is 0 Å². The van der Waals surface area contributed by atoms with Crippen molar-refractivity contribution in [1.82, 2.24) is 20.1 Å². The average Bonchev–Trinajstić information content (AvgIpc) is 3.42. The molecular formula is C23H27N5OS. The van der Waals surface area contributed by atoms with Crippen LogP contribution in [0.5, 0.6) is 0 Å². The van der Waals surface area contributed by atoms with Crippen LogP contribution in [0.1, 0.15) is 25.7 Å². The van der Waals surface area contributed by atoms with Crippen molar-refractivity contribution in [3.05, 3.63) is 54.6 Å². The molecule has 0 aliphatic heterocycles.